The van der Waals surface area contributed by atoms with Crippen LogP contribution in [0.2, 0.25) is 0 Å². The Morgan fingerprint density at radius 2 is 1.91 bits per heavy atom. The SMILES string of the molecule is CCCCC(CC(=O)c1ccccc1)P(=O)(O)OC(CCCCN)C(=O)OC(=O)[C@@H]1CCCN1. The first-order chi connectivity index (χ1) is 16.3. The Balaban J connectivity index is 2.14. The fraction of sp³-hybridized carbons (Fsp3) is 0.625. The molecule has 0 radical (unpaired) electrons. The average Bonchev–Trinajstić information content (AvgIpc) is 3.36. The second kappa shape index (κ2) is 14.5. The number of carbonyl (C=O) groups excluding carboxylic acids is 3. The van der Waals surface area contributed by atoms with Crippen molar-refractivity contribution in [2.75, 3.05) is 13.1 Å². The zero-order valence-corrected chi connectivity index (χ0v) is 20.7. The van der Waals surface area contributed by atoms with Gasteiger partial charge in [0.05, 0.1) is 5.66 Å². The number of hydrogen-bond acceptors (Lipinski definition) is 8. The fourth-order valence-electron chi connectivity index (χ4n) is 3.85. The molecule has 4 atom stereocenters. The molecule has 0 spiro atoms. The van der Waals surface area contributed by atoms with Crippen LogP contribution in [0.4, 0.5) is 0 Å². The van der Waals surface area contributed by atoms with Crippen molar-refractivity contribution in [1.82, 2.24) is 5.32 Å². The Labute approximate surface area is 201 Å². The van der Waals surface area contributed by atoms with Crippen LogP contribution in [-0.4, -0.2) is 53.5 Å². The number of rotatable bonds is 15. The van der Waals surface area contributed by atoms with Crippen LogP contribution in [0, 0.1) is 0 Å². The number of esters is 2. The van der Waals surface area contributed by atoms with E-state index in [1.54, 1.807) is 30.3 Å². The smallest absolute Gasteiger partial charge is 0.343 e. The molecule has 0 saturated carbocycles. The van der Waals surface area contributed by atoms with E-state index >= 15 is 0 Å². The van der Waals surface area contributed by atoms with Crippen molar-refractivity contribution in [3.8, 4) is 0 Å². The van der Waals surface area contributed by atoms with Gasteiger partial charge in [-0.3, -0.25) is 13.9 Å². The van der Waals surface area contributed by atoms with Gasteiger partial charge < -0.3 is 20.7 Å². The van der Waals surface area contributed by atoms with Crippen molar-refractivity contribution in [3.05, 3.63) is 35.9 Å². The van der Waals surface area contributed by atoms with Crippen LogP contribution < -0.4 is 11.1 Å². The van der Waals surface area contributed by atoms with Crippen molar-refractivity contribution >= 4 is 25.3 Å². The number of carbonyl (C=O) groups is 3. The molecule has 1 aromatic rings. The van der Waals surface area contributed by atoms with Crippen molar-refractivity contribution in [2.24, 2.45) is 5.73 Å². The zero-order chi connectivity index (χ0) is 25.0. The van der Waals surface area contributed by atoms with E-state index in [-0.39, 0.29) is 18.6 Å². The zero-order valence-electron chi connectivity index (χ0n) is 19.8. The lowest BCUT2D eigenvalue weighted by molar-refractivity contribution is -0.166. The Bertz CT molecular complexity index is 843. The molecular formula is C24H37N2O7P. The second-order valence-electron chi connectivity index (χ2n) is 8.62. The van der Waals surface area contributed by atoms with Gasteiger partial charge >= 0.3 is 19.5 Å². The molecule has 190 valence electrons. The summed E-state index contributed by atoms with van der Waals surface area (Å²) in [6, 6.07) is 7.96. The molecule has 10 heteroatoms. The van der Waals surface area contributed by atoms with Gasteiger partial charge in [0, 0.05) is 12.0 Å². The summed E-state index contributed by atoms with van der Waals surface area (Å²) in [6.07, 6.45) is 2.56. The molecule has 0 amide bonds. The molecule has 1 heterocycles. The summed E-state index contributed by atoms with van der Waals surface area (Å²) < 4.78 is 23.8. The highest BCUT2D eigenvalue weighted by Gasteiger charge is 2.39. The highest BCUT2D eigenvalue weighted by Crippen LogP contribution is 2.52. The van der Waals surface area contributed by atoms with Crippen molar-refractivity contribution in [1.29, 1.82) is 0 Å². The summed E-state index contributed by atoms with van der Waals surface area (Å²) in [5.41, 5.74) is 5.00. The number of benzene rings is 1. The standard InChI is InChI=1S/C24H37N2O7P/c1-2-3-12-19(17-21(27)18-10-5-4-6-11-18)34(30,31)33-22(14-7-8-15-25)24(29)32-23(28)20-13-9-16-26-20/h4-6,10-11,19-20,22,26H,2-3,7-9,12-17,25H2,1H3,(H,30,31)/t19?,20-,22?/m0/s1. The maximum absolute atomic E-state index is 13.3. The molecule has 34 heavy (non-hydrogen) atoms. The summed E-state index contributed by atoms with van der Waals surface area (Å²) >= 11 is 0. The van der Waals surface area contributed by atoms with E-state index in [9.17, 15) is 23.8 Å². The first-order valence-corrected chi connectivity index (χ1v) is 13.7. The minimum absolute atomic E-state index is 0.0824. The van der Waals surface area contributed by atoms with Gasteiger partial charge in [0.1, 0.15) is 6.04 Å². The molecule has 1 aliphatic rings. The molecule has 0 aliphatic carbocycles. The molecular weight excluding hydrogens is 459 g/mol. The maximum Gasteiger partial charge on any atom is 0.343 e. The van der Waals surface area contributed by atoms with Crippen LogP contribution in [0.3, 0.4) is 0 Å². The third-order valence-corrected chi connectivity index (χ3v) is 7.80. The number of ketones is 1. The molecule has 0 bridgehead atoms. The number of Topliss-reactive ketones (excluding diaryl/α,β-unsaturated/α-hetero) is 1. The monoisotopic (exact) mass is 496 g/mol. The molecule has 1 aromatic carbocycles. The minimum Gasteiger partial charge on any atom is -0.390 e. The van der Waals surface area contributed by atoms with Crippen LogP contribution in [0.15, 0.2) is 30.3 Å². The minimum atomic E-state index is -4.41. The number of nitrogens with two attached hydrogens (primary N) is 1. The van der Waals surface area contributed by atoms with Crippen LogP contribution >= 0.6 is 7.60 Å². The van der Waals surface area contributed by atoms with Crippen molar-refractivity contribution in [2.45, 2.75) is 82.5 Å². The summed E-state index contributed by atoms with van der Waals surface area (Å²) in [6.45, 7) is 2.98. The Hall–Kier alpha value is -1.90. The first kappa shape index (κ1) is 28.3. The molecule has 3 unspecified atom stereocenters. The lowest BCUT2D eigenvalue weighted by atomic mass is 10.0. The topological polar surface area (TPSA) is 145 Å². The van der Waals surface area contributed by atoms with Crippen LogP contribution in [0.25, 0.3) is 0 Å². The third kappa shape index (κ3) is 9.04. The third-order valence-electron chi connectivity index (χ3n) is 5.88. The van der Waals surface area contributed by atoms with Gasteiger partial charge in [-0.05, 0) is 51.6 Å². The molecule has 1 fully saturated rings. The van der Waals surface area contributed by atoms with Gasteiger partial charge in [0.25, 0.3) is 0 Å². The van der Waals surface area contributed by atoms with Gasteiger partial charge in [0.2, 0.25) is 0 Å². The van der Waals surface area contributed by atoms with E-state index in [4.69, 9.17) is 15.0 Å². The number of nitrogens with one attached hydrogen (secondary N) is 1. The molecule has 9 nitrogen and oxygen atoms in total. The largest absolute Gasteiger partial charge is 0.390 e. The lowest BCUT2D eigenvalue weighted by Gasteiger charge is -2.26. The molecule has 1 aliphatic heterocycles. The van der Waals surface area contributed by atoms with Crippen molar-refractivity contribution in [3.63, 3.8) is 0 Å². The molecule has 2 rings (SSSR count). The molecule has 4 N–H and O–H groups in total. The summed E-state index contributed by atoms with van der Waals surface area (Å²) in [4.78, 5) is 48.6. The summed E-state index contributed by atoms with van der Waals surface area (Å²) in [7, 11) is -4.41. The fourth-order valence-corrected chi connectivity index (χ4v) is 5.49. The van der Waals surface area contributed by atoms with Gasteiger partial charge in [0.15, 0.2) is 11.9 Å². The second-order valence-corrected chi connectivity index (χ2v) is 10.7. The van der Waals surface area contributed by atoms with Crippen molar-refractivity contribution < 1.29 is 33.1 Å². The van der Waals surface area contributed by atoms with Gasteiger partial charge in [-0.15, -0.1) is 0 Å². The average molecular weight is 497 g/mol. The predicted octanol–water partition coefficient (Wildman–Crippen LogP) is 3.34. The normalized spacial score (nSPS) is 19.2. The van der Waals surface area contributed by atoms with E-state index < -0.39 is 37.3 Å². The number of unbranched alkanes of at least 4 members (excludes halogenated alkanes) is 2. The Morgan fingerprint density at radius 3 is 2.53 bits per heavy atom. The highest BCUT2D eigenvalue weighted by atomic mass is 31.2. The van der Waals surface area contributed by atoms with Gasteiger partial charge in [-0.25, -0.2) is 9.59 Å². The van der Waals surface area contributed by atoms with Crippen LogP contribution in [-0.2, 0) is 23.4 Å². The van der Waals surface area contributed by atoms with E-state index in [2.05, 4.69) is 5.32 Å². The summed E-state index contributed by atoms with van der Waals surface area (Å²) in [5, 5.41) is 2.95. The van der Waals surface area contributed by atoms with Crippen LogP contribution in [0.1, 0.15) is 75.1 Å². The van der Waals surface area contributed by atoms with E-state index in [0.29, 0.717) is 50.8 Å². The Kier molecular flexibility index (Phi) is 12.1. The van der Waals surface area contributed by atoms with E-state index in [1.165, 1.54) is 0 Å². The summed E-state index contributed by atoms with van der Waals surface area (Å²) in [5.74, 6) is -1.98. The quantitative estimate of drug-likeness (QED) is 0.109. The highest BCUT2D eigenvalue weighted by molar-refractivity contribution is 7.53. The lowest BCUT2D eigenvalue weighted by Crippen LogP contribution is -2.37. The molecule has 1 saturated heterocycles. The number of hydrogen-bond donors (Lipinski definition) is 3. The van der Waals surface area contributed by atoms with E-state index in [1.807, 2.05) is 6.92 Å². The van der Waals surface area contributed by atoms with Gasteiger partial charge in [-0.2, -0.15) is 0 Å². The predicted molar refractivity (Wildman–Crippen MR) is 128 cm³/mol. The molecule has 0 aromatic heterocycles. The Morgan fingerprint density at radius 1 is 1.18 bits per heavy atom. The maximum atomic E-state index is 13.3. The number of ether oxygens (including phenoxy) is 1. The van der Waals surface area contributed by atoms with Crippen LogP contribution in [0.5, 0.6) is 0 Å². The van der Waals surface area contributed by atoms with Gasteiger partial charge in [-0.1, -0.05) is 50.1 Å². The first-order valence-electron chi connectivity index (χ1n) is 12.1. The van der Waals surface area contributed by atoms with E-state index in [0.717, 1.165) is 12.8 Å².